The fraction of sp³-hybridized carbons (Fsp3) is 0.500. The molecule has 0 unspecified atom stereocenters. The van der Waals surface area contributed by atoms with Crippen molar-refractivity contribution in [1.29, 1.82) is 0 Å². The van der Waals surface area contributed by atoms with E-state index in [1.165, 1.54) is 4.57 Å². The fourth-order valence-electron chi connectivity index (χ4n) is 1.42. The first-order valence-corrected chi connectivity index (χ1v) is 6.25. The molecule has 96 valence electrons. The van der Waals surface area contributed by atoms with E-state index in [1.54, 1.807) is 11.8 Å². The second-order valence-corrected chi connectivity index (χ2v) is 4.46. The van der Waals surface area contributed by atoms with Crippen molar-refractivity contribution in [2.75, 3.05) is 12.0 Å². The lowest BCUT2D eigenvalue weighted by Gasteiger charge is -2.04. The van der Waals surface area contributed by atoms with Gasteiger partial charge in [0.2, 0.25) is 0 Å². The topological polar surface area (TPSA) is 42.2 Å². The molecule has 0 aliphatic heterocycles. The van der Waals surface area contributed by atoms with E-state index in [0.717, 1.165) is 18.1 Å². The molecule has 0 bridgehead atoms. The van der Waals surface area contributed by atoms with Crippen molar-refractivity contribution in [3.05, 3.63) is 23.5 Å². The lowest BCUT2D eigenvalue weighted by Crippen LogP contribution is -2.09. The summed E-state index contributed by atoms with van der Waals surface area (Å²) in [5.41, 5.74) is -1.78. The molecule has 17 heavy (non-hydrogen) atoms. The van der Waals surface area contributed by atoms with Gasteiger partial charge >= 0.3 is 12.1 Å². The number of carboxylic acids is 1. The van der Waals surface area contributed by atoms with Crippen LogP contribution in [0.4, 0.5) is 13.2 Å². The maximum atomic E-state index is 12.5. The number of carbonyl (C=O) groups is 1. The molecule has 0 spiro atoms. The van der Waals surface area contributed by atoms with Crippen LogP contribution in [0.3, 0.4) is 0 Å². The molecule has 1 rings (SSSR count). The minimum Gasteiger partial charge on any atom is -0.478 e. The molecule has 0 atom stereocenters. The Balaban J connectivity index is 2.93. The molecule has 1 aromatic heterocycles. The summed E-state index contributed by atoms with van der Waals surface area (Å²) in [6, 6.07) is 0. The van der Waals surface area contributed by atoms with E-state index in [2.05, 4.69) is 0 Å². The van der Waals surface area contributed by atoms with Crippen LogP contribution < -0.4 is 0 Å². The lowest BCUT2D eigenvalue weighted by atomic mass is 10.2. The van der Waals surface area contributed by atoms with Gasteiger partial charge in [0, 0.05) is 18.9 Å². The predicted molar refractivity (Wildman–Crippen MR) is 59.4 cm³/mol. The molecule has 0 amide bonds. The summed E-state index contributed by atoms with van der Waals surface area (Å²) in [6.45, 7) is 0.386. The number of alkyl halides is 3. The second kappa shape index (κ2) is 5.48. The number of halogens is 3. The molecule has 0 saturated carbocycles. The third-order valence-corrected chi connectivity index (χ3v) is 2.88. The molecular formula is C10H12F3NO2S. The summed E-state index contributed by atoms with van der Waals surface area (Å²) in [5, 5.41) is 8.70. The molecule has 3 nitrogen and oxygen atoms in total. The first kappa shape index (κ1) is 14.0. The molecule has 0 radical (unpaired) electrons. The zero-order chi connectivity index (χ0) is 13.1. The standard InChI is InChI=1S/C10H12F3NO2S/c1-17-4-2-3-14-5-7(9(15)16)8(6-14)10(11,12)13/h5-6H,2-4H2,1H3,(H,15,16). The van der Waals surface area contributed by atoms with E-state index < -0.39 is 23.3 Å². The van der Waals surface area contributed by atoms with Crippen LogP contribution in [0.1, 0.15) is 22.3 Å². The highest BCUT2D eigenvalue weighted by atomic mass is 32.2. The van der Waals surface area contributed by atoms with Gasteiger partial charge in [0.15, 0.2) is 0 Å². The van der Waals surface area contributed by atoms with E-state index in [4.69, 9.17) is 5.11 Å². The number of thioether (sulfide) groups is 1. The highest BCUT2D eigenvalue weighted by Gasteiger charge is 2.36. The van der Waals surface area contributed by atoms with Crippen molar-refractivity contribution in [2.45, 2.75) is 19.1 Å². The molecule has 1 heterocycles. The largest absolute Gasteiger partial charge is 0.478 e. The van der Waals surface area contributed by atoms with Crippen molar-refractivity contribution in [3.63, 3.8) is 0 Å². The molecule has 1 N–H and O–H groups in total. The van der Waals surface area contributed by atoms with Crippen LogP contribution in [0.15, 0.2) is 12.4 Å². The maximum Gasteiger partial charge on any atom is 0.418 e. The van der Waals surface area contributed by atoms with Crippen LogP contribution in [0, 0.1) is 0 Å². The predicted octanol–water partition coefficient (Wildman–Crippen LogP) is 2.96. The Kier molecular flexibility index (Phi) is 4.50. The summed E-state index contributed by atoms with van der Waals surface area (Å²) < 4.78 is 38.9. The van der Waals surface area contributed by atoms with Gasteiger partial charge in [-0.15, -0.1) is 0 Å². The third-order valence-electron chi connectivity index (χ3n) is 2.18. The molecule has 1 aromatic rings. The van der Waals surface area contributed by atoms with Crippen LogP contribution in [0.25, 0.3) is 0 Å². The van der Waals surface area contributed by atoms with Crippen LogP contribution in [-0.4, -0.2) is 27.7 Å². The van der Waals surface area contributed by atoms with E-state index in [9.17, 15) is 18.0 Å². The van der Waals surface area contributed by atoms with E-state index in [0.29, 0.717) is 13.0 Å². The number of aromatic nitrogens is 1. The van der Waals surface area contributed by atoms with Crippen LogP contribution in [0.2, 0.25) is 0 Å². The van der Waals surface area contributed by atoms with Crippen molar-refractivity contribution >= 4 is 17.7 Å². The second-order valence-electron chi connectivity index (χ2n) is 3.47. The summed E-state index contributed by atoms with van der Waals surface area (Å²) in [4.78, 5) is 10.7. The van der Waals surface area contributed by atoms with Gasteiger partial charge in [-0.1, -0.05) is 0 Å². The zero-order valence-electron chi connectivity index (χ0n) is 9.12. The first-order valence-electron chi connectivity index (χ1n) is 4.85. The van der Waals surface area contributed by atoms with Gasteiger partial charge in [-0.25, -0.2) is 4.79 Å². The summed E-state index contributed by atoms with van der Waals surface area (Å²) in [6.07, 6.45) is -0.139. The smallest absolute Gasteiger partial charge is 0.418 e. The SMILES string of the molecule is CSCCCn1cc(C(=O)O)c(C(F)(F)F)c1. The molecule has 0 aliphatic rings. The highest BCUT2D eigenvalue weighted by Crippen LogP contribution is 2.32. The lowest BCUT2D eigenvalue weighted by molar-refractivity contribution is -0.138. The first-order chi connectivity index (χ1) is 7.86. The summed E-state index contributed by atoms with van der Waals surface area (Å²) in [7, 11) is 0. The van der Waals surface area contributed by atoms with Crippen molar-refractivity contribution in [3.8, 4) is 0 Å². The Morgan fingerprint density at radius 3 is 2.53 bits per heavy atom. The number of rotatable bonds is 5. The van der Waals surface area contributed by atoms with Gasteiger partial charge in [-0.3, -0.25) is 0 Å². The third kappa shape index (κ3) is 3.69. The van der Waals surface area contributed by atoms with Crippen LogP contribution in [0.5, 0.6) is 0 Å². The van der Waals surface area contributed by atoms with Gasteiger partial charge < -0.3 is 9.67 Å². The average molecular weight is 267 g/mol. The van der Waals surface area contributed by atoms with Gasteiger partial charge in [-0.2, -0.15) is 24.9 Å². The number of aromatic carboxylic acids is 1. The quantitative estimate of drug-likeness (QED) is 0.834. The maximum absolute atomic E-state index is 12.5. The summed E-state index contributed by atoms with van der Waals surface area (Å²) >= 11 is 1.59. The fourth-order valence-corrected chi connectivity index (χ4v) is 1.84. The minimum absolute atomic E-state index is 0.386. The highest BCUT2D eigenvalue weighted by molar-refractivity contribution is 7.98. The number of nitrogens with zero attached hydrogens (tertiary/aromatic N) is 1. The zero-order valence-corrected chi connectivity index (χ0v) is 9.94. The van der Waals surface area contributed by atoms with Gasteiger partial charge in [0.05, 0.1) is 11.1 Å². The van der Waals surface area contributed by atoms with Gasteiger partial charge in [0.1, 0.15) is 0 Å². The monoisotopic (exact) mass is 267 g/mol. The molecule has 0 aromatic carbocycles. The van der Waals surface area contributed by atoms with Gasteiger partial charge in [-0.05, 0) is 18.4 Å². The number of hydrogen-bond acceptors (Lipinski definition) is 2. The number of aryl methyl sites for hydroxylation is 1. The van der Waals surface area contributed by atoms with E-state index >= 15 is 0 Å². The van der Waals surface area contributed by atoms with Gasteiger partial charge in [0.25, 0.3) is 0 Å². The number of carboxylic acid groups (broad SMARTS) is 1. The Morgan fingerprint density at radius 1 is 1.47 bits per heavy atom. The van der Waals surface area contributed by atoms with Crippen LogP contribution in [-0.2, 0) is 12.7 Å². The normalized spacial score (nSPS) is 11.8. The number of hydrogen-bond donors (Lipinski definition) is 1. The minimum atomic E-state index is -4.63. The molecule has 7 heteroatoms. The van der Waals surface area contributed by atoms with Crippen molar-refractivity contribution < 1.29 is 23.1 Å². The Hall–Kier alpha value is -1.11. The average Bonchev–Trinajstić information content (AvgIpc) is 2.62. The summed E-state index contributed by atoms with van der Waals surface area (Å²) in [5.74, 6) is -0.733. The van der Waals surface area contributed by atoms with Crippen LogP contribution >= 0.6 is 11.8 Å². The molecular weight excluding hydrogens is 255 g/mol. The van der Waals surface area contributed by atoms with E-state index in [1.807, 2.05) is 6.26 Å². The Bertz CT molecular complexity index is 401. The molecule has 0 fully saturated rings. The van der Waals surface area contributed by atoms with E-state index in [-0.39, 0.29) is 0 Å². The Labute approximate surface area is 101 Å². The Morgan fingerprint density at radius 2 is 2.12 bits per heavy atom. The molecule has 0 saturated heterocycles. The van der Waals surface area contributed by atoms with Crippen molar-refractivity contribution in [2.24, 2.45) is 0 Å². The molecule has 0 aliphatic carbocycles. The van der Waals surface area contributed by atoms with Crippen molar-refractivity contribution in [1.82, 2.24) is 4.57 Å².